The molecular weight excluding hydrogens is 216 g/mol. The van der Waals surface area contributed by atoms with Crippen LogP contribution in [0.4, 0.5) is 0 Å². The highest BCUT2D eigenvalue weighted by Crippen LogP contribution is 2.12. The predicted octanol–water partition coefficient (Wildman–Crippen LogP) is 0.591. The topological polar surface area (TPSA) is 68.5 Å². The molecule has 2 heterocycles. The Morgan fingerprint density at radius 1 is 1.29 bits per heavy atom. The Bertz CT molecular complexity index is 452. The summed E-state index contributed by atoms with van der Waals surface area (Å²) < 4.78 is 1.88. The van der Waals surface area contributed by atoms with Crippen molar-refractivity contribution < 1.29 is 0 Å². The number of nitrogens with one attached hydrogen (secondary N) is 1. The van der Waals surface area contributed by atoms with E-state index in [2.05, 4.69) is 25.4 Å². The summed E-state index contributed by atoms with van der Waals surface area (Å²) in [6.45, 7) is 2.87. The molecule has 0 saturated heterocycles. The van der Waals surface area contributed by atoms with Crippen LogP contribution in [0.25, 0.3) is 0 Å². The van der Waals surface area contributed by atoms with Crippen LogP contribution in [0, 0.1) is 0 Å². The third-order valence-electron chi connectivity index (χ3n) is 2.63. The van der Waals surface area contributed by atoms with E-state index in [1.54, 1.807) is 18.7 Å². The minimum absolute atomic E-state index is 0.0608. The van der Waals surface area contributed by atoms with E-state index < -0.39 is 0 Å². The highest BCUT2D eigenvalue weighted by molar-refractivity contribution is 5.00. The summed E-state index contributed by atoms with van der Waals surface area (Å²) in [4.78, 5) is 12.8. The molecule has 6 heteroatoms. The monoisotopic (exact) mass is 232 g/mol. The van der Waals surface area contributed by atoms with Crippen LogP contribution >= 0.6 is 0 Å². The van der Waals surface area contributed by atoms with Crippen molar-refractivity contribution >= 4 is 0 Å². The van der Waals surface area contributed by atoms with Crippen molar-refractivity contribution in [2.45, 2.75) is 25.9 Å². The lowest BCUT2D eigenvalue weighted by atomic mass is 10.2. The first-order valence-electron chi connectivity index (χ1n) is 5.66. The van der Waals surface area contributed by atoms with Crippen molar-refractivity contribution in [2.75, 3.05) is 7.05 Å². The van der Waals surface area contributed by atoms with Gasteiger partial charge in [-0.3, -0.25) is 4.68 Å². The van der Waals surface area contributed by atoms with E-state index in [4.69, 9.17) is 0 Å². The van der Waals surface area contributed by atoms with Gasteiger partial charge < -0.3 is 5.32 Å². The van der Waals surface area contributed by atoms with Gasteiger partial charge in [0, 0.05) is 25.4 Å². The molecule has 0 aromatic carbocycles. The number of hydrogen-bond acceptors (Lipinski definition) is 5. The Morgan fingerprint density at radius 3 is 2.71 bits per heavy atom. The summed E-state index contributed by atoms with van der Waals surface area (Å²) in [5.74, 6) is 1.72. The van der Waals surface area contributed by atoms with Gasteiger partial charge in [0.25, 0.3) is 0 Å². The molecule has 0 amide bonds. The van der Waals surface area contributed by atoms with Crippen LogP contribution in [0.5, 0.6) is 0 Å². The summed E-state index contributed by atoms with van der Waals surface area (Å²) in [5.41, 5.74) is 0. The maximum atomic E-state index is 4.26. The Balaban J connectivity index is 2.16. The Hall–Kier alpha value is -1.82. The summed E-state index contributed by atoms with van der Waals surface area (Å²) in [6, 6.07) is 1.87. The number of hydrogen-bond donors (Lipinski definition) is 1. The van der Waals surface area contributed by atoms with Gasteiger partial charge in [-0.15, -0.1) is 0 Å². The number of aryl methyl sites for hydroxylation is 1. The van der Waals surface area contributed by atoms with E-state index in [1.807, 2.05) is 24.7 Å². The van der Waals surface area contributed by atoms with Crippen molar-refractivity contribution in [1.29, 1.82) is 0 Å². The van der Waals surface area contributed by atoms with E-state index in [9.17, 15) is 0 Å². The molecule has 0 fully saturated rings. The van der Waals surface area contributed by atoms with Crippen molar-refractivity contribution in [3.63, 3.8) is 0 Å². The number of rotatable bonds is 5. The van der Waals surface area contributed by atoms with Gasteiger partial charge in [-0.05, 0) is 20.0 Å². The van der Waals surface area contributed by atoms with Crippen molar-refractivity contribution in [2.24, 2.45) is 0 Å². The minimum Gasteiger partial charge on any atom is -0.310 e. The lowest BCUT2D eigenvalue weighted by molar-refractivity contribution is 0.513. The van der Waals surface area contributed by atoms with E-state index >= 15 is 0 Å². The fraction of sp³-hybridized carbons (Fsp3) is 0.455. The molecule has 2 aromatic heterocycles. The molecule has 6 nitrogen and oxygen atoms in total. The van der Waals surface area contributed by atoms with E-state index in [-0.39, 0.29) is 6.04 Å². The van der Waals surface area contributed by atoms with Crippen LogP contribution in [-0.2, 0) is 13.0 Å². The zero-order chi connectivity index (χ0) is 12.1. The molecule has 1 atom stereocenters. The lowest BCUT2D eigenvalue weighted by Gasteiger charge is -2.14. The predicted molar refractivity (Wildman–Crippen MR) is 63.2 cm³/mol. The summed E-state index contributed by atoms with van der Waals surface area (Å²) >= 11 is 0. The van der Waals surface area contributed by atoms with E-state index in [0.717, 1.165) is 24.6 Å². The molecule has 1 N–H and O–H groups in total. The first kappa shape index (κ1) is 11.7. The van der Waals surface area contributed by atoms with Crippen LogP contribution in [0.1, 0.15) is 24.6 Å². The Kier molecular flexibility index (Phi) is 3.77. The summed E-state index contributed by atoms with van der Waals surface area (Å²) in [7, 11) is 1.90. The molecule has 0 bridgehead atoms. The molecule has 1 unspecified atom stereocenters. The Labute approximate surface area is 100 Å². The highest BCUT2D eigenvalue weighted by Gasteiger charge is 2.15. The number of aromatic nitrogens is 5. The first-order valence-corrected chi connectivity index (χ1v) is 5.66. The van der Waals surface area contributed by atoms with Gasteiger partial charge in [0.1, 0.15) is 18.0 Å². The molecule has 0 aliphatic heterocycles. The molecule has 0 spiro atoms. The molecule has 90 valence electrons. The van der Waals surface area contributed by atoms with Gasteiger partial charge in [-0.2, -0.15) is 5.10 Å². The lowest BCUT2D eigenvalue weighted by Crippen LogP contribution is -2.23. The third kappa shape index (κ3) is 2.65. The number of nitrogens with zero attached hydrogens (tertiary/aromatic N) is 5. The third-order valence-corrected chi connectivity index (χ3v) is 2.63. The standard InChI is InChI=1S/C11H16N6/c1-3-17-10(15-8-16-17)7-9(12-2)11-13-5-4-6-14-11/h4-6,8-9,12H,3,7H2,1-2H3. The number of likely N-dealkylation sites (N-methyl/N-ethyl adjacent to an activating group) is 1. The quantitative estimate of drug-likeness (QED) is 0.817. The molecular formula is C11H16N6. The maximum Gasteiger partial charge on any atom is 0.145 e. The van der Waals surface area contributed by atoms with Gasteiger partial charge >= 0.3 is 0 Å². The second-order valence-corrected chi connectivity index (χ2v) is 3.64. The SMILES string of the molecule is CCn1ncnc1CC(NC)c1ncccn1. The van der Waals surface area contributed by atoms with Crippen LogP contribution in [0.15, 0.2) is 24.8 Å². The molecule has 0 aliphatic rings. The van der Waals surface area contributed by atoms with Gasteiger partial charge in [-0.25, -0.2) is 15.0 Å². The summed E-state index contributed by atoms with van der Waals surface area (Å²) in [6.07, 6.45) is 5.81. The maximum absolute atomic E-state index is 4.26. The molecule has 17 heavy (non-hydrogen) atoms. The van der Waals surface area contributed by atoms with Gasteiger partial charge in [-0.1, -0.05) is 0 Å². The first-order chi connectivity index (χ1) is 8.35. The van der Waals surface area contributed by atoms with E-state index in [1.165, 1.54) is 0 Å². The molecule has 2 rings (SSSR count). The second-order valence-electron chi connectivity index (χ2n) is 3.64. The molecule has 2 aromatic rings. The Morgan fingerprint density at radius 2 is 2.06 bits per heavy atom. The molecule has 0 radical (unpaired) electrons. The smallest absolute Gasteiger partial charge is 0.145 e. The summed E-state index contributed by atoms with van der Waals surface area (Å²) in [5, 5.41) is 7.35. The van der Waals surface area contributed by atoms with Crippen LogP contribution in [0.2, 0.25) is 0 Å². The van der Waals surface area contributed by atoms with Crippen LogP contribution in [0.3, 0.4) is 0 Å². The zero-order valence-corrected chi connectivity index (χ0v) is 10.0. The van der Waals surface area contributed by atoms with Crippen molar-refractivity contribution in [3.05, 3.63) is 36.4 Å². The van der Waals surface area contributed by atoms with Crippen LogP contribution < -0.4 is 5.32 Å². The highest BCUT2D eigenvalue weighted by atomic mass is 15.3. The molecule has 0 aliphatic carbocycles. The van der Waals surface area contributed by atoms with Gasteiger partial charge in [0.2, 0.25) is 0 Å². The van der Waals surface area contributed by atoms with Crippen molar-refractivity contribution in [1.82, 2.24) is 30.0 Å². The van der Waals surface area contributed by atoms with Gasteiger partial charge in [0.15, 0.2) is 0 Å². The van der Waals surface area contributed by atoms with E-state index in [0.29, 0.717) is 0 Å². The van der Waals surface area contributed by atoms with Gasteiger partial charge in [0.05, 0.1) is 6.04 Å². The normalized spacial score (nSPS) is 12.6. The minimum atomic E-state index is 0.0608. The average molecular weight is 232 g/mol. The second kappa shape index (κ2) is 5.49. The fourth-order valence-electron chi connectivity index (χ4n) is 1.71. The largest absolute Gasteiger partial charge is 0.310 e. The zero-order valence-electron chi connectivity index (χ0n) is 10.0. The fourth-order valence-corrected chi connectivity index (χ4v) is 1.71. The van der Waals surface area contributed by atoms with Crippen molar-refractivity contribution in [3.8, 4) is 0 Å². The average Bonchev–Trinajstić information content (AvgIpc) is 2.84. The van der Waals surface area contributed by atoms with Crippen LogP contribution in [-0.4, -0.2) is 31.8 Å². The molecule has 0 saturated carbocycles.